The molecule has 0 aromatic heterocycles. The minimum Gasteiger partial charge on any atom is -0.508 e. The molecule has 2 heterocycles. The van der Waals surface area contributed by atoms with Gasteiger partial charge in [0.15, 0.2) is 0 Å². The molecule has 0 saturated carbocycles. The molecule has 3 rings (SSSR count). The lowest BCUT2D eigenvalue weighted by Crippen LogP contribution is -2.42. The van der Waals surface area contributed by atoms with Gasteiger partial charge in [0.05, 0.1) is 0 Å². The second-order valence-electron chi connectivity index (χ2n) is 7.08. The maximum absolute atomic E-state index is 10.1. The molecule has 2 N–H and O–H groups in total. The van der Waals surface area contributed by atoms with Crippen LogP contribution < -0.4 is 5.32 Å². The van der Waals surface area contributed by atoms with Gasteiger partial charge in [0.1, 0.15) is 5.75 Å². The van der Waals surface area contributed by atoms with Crippen molar-refractivity contribution in [2.45, 2.75) is 57.7 Å². The van der Waals surface area contributed by atoms with E-state index in [0.29, 0.717) is 5.75 Å². The smallest absolute Gasteiger partial charge is 0.120 e. The van der Waals surface area contributed by atoms with Crippen LogP contribution in [0.2, 0.25) is 0 Å². The van der Waals surface area contributed by atoms with E-state index in [0.717, 1.165) is 35.7 Å². The zero-order valence-corrected chi connectivity index (χ0v) is 13.5. The fraction of sp³-hybridized carbons (Fsp3) is 0.667. The Morgan fingerprint density at radius 1 is 1.29 bits per heavy atom. The number of nitrogens with one attached hydrogen (secondary N) is 1. The van der Waals surface area contributed by atoms with E-state index in [4.69, 9.17) is 0 Å². The number of aromatic hydroxyl groups is 1. The molecular weight excluding hydrogens is 260 g/mol. The number of benzene rings is 1. The van der Waals surface area contributed by atoms with Gasteiger partial charge in [-0.15, -0.1) is 0 Å². The normalized spacial score (nSPS) is 30.5. The first-order valence-electron chi connectivity index (χ1n) is 8.29. The topological polar surface area (TPSA) is 35.5 Å². The van der Waals surface area contributed by atoms with E-state index in [1.807, 2.05) is 19.1 Å². The van der Waals surface area contributed by atoms with E-state index < -0.39 is 0 Å². The third kappa shape index (κ3) is 3.09. The largest absolute Gasteiger partial charge is 0.508 e. The van der Waals surface area contributed by atoms with Crippen molar-refractivity contribution in [1.29, 1.82) is 0 Å². The molecule has 3 unspecified atom stereocenters. The van der Waals surface area contributed by atoms with Crippen LogP contribution in [0.1, 0.15) is 49.8 Å². The average molecular weight is 288 g/mol. The van der Waals surface area contributed by atoms with Crippen LogP contribution in [0, 0.1) is 12.8 Å². The average Bonchev–Trinajstić information content (AvgIpc) is 2.67. The second-order valence-corrected chi connectivity index (χ2v) is 7.08. The number of hydrogen-bond acceptors (Lipinski definition) is 3. The van der Waals surface area contributed by atoms with Crippen molar-refractivity contribution < 1.29 is 5.11 Å². The van der Waals surface area contributed by atoms with Crippen LogP contribution in [0.5, 0.6) is 5.75 Å². The third-order valence-corrected chi connectivity index (χ3v) is 5.56. The van der Waals surface area contributed by atoms with Crippen molar-refractivity contribution in [1.82, 2.24) is 10.2 Å². The van der Waals surface area contributed by atoms with Gasteiger partial charge < -0.3 is 15.3 Å². The van der Waals surface area contributed by atoms with Crippen LogP contribution in [0.3, 0.4) is 0 Å². The Morgan fingerprint density at radius 2 is 1.95 bits per heavy atom. The zero-order valence-electron chi connectivity index (χ0n) is 13.5. The molecule has 0 radical (unpaired) electrons. The van der Waals surface area contributed by atoms with Gasteiger partial charge in [-0.1, -0.05) is 12.1 Å². The van der Waals surface area contributed by atoms with Crippen LogP contribution in [0.25, 0.3) is 0 Å². The van der Waals surface area contributed by atoms with E-state index in [1.165, 1.54) is 25.7 Å². The van der Waals surface area contributed by atoms with Gasteiger partial charge in [0.25, 0.3) is 0 Å². The van der Waals surface area contributed by atoms with Gasteiger partial charge in [-0.05, 0) is 70.7 Å². The summed E-state index contributed by atoms with van der Waals surface area (Å²) in [7, 11) is 2.29. The monoisotopic (exact) mass is 288 g/mol. The van der Waals surface area contributed by atoms with Crippen molar-refractivity contribution in [3.63, 3.8) is 0 Å². The van der Waals surface area contributed by atoms with Gasteiger partial charge in [-0.25, -0.2) is 0 Å². The number of fused-ring (bicyclic) bond motifs is 2. The first-order chi connectivity index (χ1) is 10.0. The first-order valence-corrected chi connectivity index (χ1v) is 8.29. The number of piperidine rings is 1. The summed E-state index contributed by atoms with van der Waals surface area (Å²) >= 11 is 0. The molecule has 2 fully saturated rings. The van der Waals surface area contributed by atoms with E-state index in [2.05, 4.69) is 30.3 Å². The summed E-state index contributed by atoms with van der Waals surface area (Å²) in [6.07, 6.45) is 5.41. The summed E-state index contributed by atoms with van der Waals surface area (Å²) < 4.78 is 0. The van der Waals surface area contributed by atoms with Crippen molar-refractivity contribution >= 4 is 0 Å². The molecule has 3 atom stereocenters. The standard InChI is InChI=1S/C18H28N2O/c1-12-4-7-17(18(21)8-12)13(2)19-11-14-9-15-5-6-16(10-14)20(15)3/h4,7-8,13-16,19,21H,5-6,9-11H2,1-3H3. The highest BCUT2D eigenvalue weighted by Crippen LogP contribution is 2.37. The Bertz CT molecular complexity index is 488. The number of phenols is 1. The van der Waals surface area contributed by atoms with Gasteiger partial charge in [-0.2, -0.15) is 0 Å². The minimum atomic E-state index is 0.211. The molecule has 0 spiro atoms. The van der Waals surface area contributed by atoms with Crippen molar-refractivity contribution in [2.75, 3.05) is 13.6 Å². The number of rotatable bonds is 4. The lowest BCUT2D eigenvalue weighted by molar-refractivity contribution is 0.131. The number of aryl methyl sites for hydroxylation is 1. The molecule has 2 aliphatic heterocycles. The summed E-state index contributed by atoms with van der Waals surface area (Å²) in [5.41, 5.74) is 2.12. The quantitative estimate of drug-likeness (QED) is 0.893. The van der Waals surface area contributed by atoms with Gasteiger partial charge >= 0.3 is 0 Å². The minimum absolute atomic E-state index is 0.211. The summed E-state index contributed by atoms with van der Waals surface area (Å²) in [5, 5.41) is 13.7. The van der Waals surface area contributed by atoms with Crippen molar-refractivity contribution in [3.05, 3.63) is 29.3 Å². The fourth-order valence-electron chi connectivity index (χ4n) is 4.16. The zero-order chi connectivity index (χ0) is 15.0. The van der Waals surface area contributed by atoms with E-state index in [9.17, 15) is 5.11 Å². The Balaban J connectivity index is 1.55. The van der Waals surface area contributed by atoms with E-state index in [1.54, 1.807) is 0 Å². The number of nitrogens with zero attached hydrogens (tertiary/aromatic N) is 1. The highest BCUT2D eigenvalue weighted by atomic mass is 16.3. The number of hydrogen-bond donors (Lipinski definition) is 2. The van der Waals surface area contributed by atoms with Crippen LogP contribution in [0.4, 0.5) is 0 Å². The maximum Gasteiger partial charge on any atom is 0.120 e. The molecule has 2 saturated heterocycles. The predicted molar refractivity (Wildman–Crippen MR) is 86.6 cm³/mol. The fourth-order valence-corrected chi connectivity index (χ4v) is 4.16. The predicted octanol–water partition coefficient (Wildman–Crippen LogP) is 3.22. The summed E-state index contributed by atoms with van der Waals surface area (Å²) in [6.45, 7) is 5.22. The molecule has 0 amide bonds. The molecule has 3 heteroatoms. The summed E-state index contributed by atoms with van der Waals surface area (Å²) in [6, 6.07) is 7.78. The molecule has 116 valence electrons. The molecule has 2 bridgehead atoms. The Morgan fingerprint density at radius 3 is 2.57 bits per heavy atom. The van der Waals surface area contributed by atoms with Crippen LogP contribution in [-0.4, -0.2) is 35.7 Å². The molecule has 0 aliphatic carbocycles. The lowest BCUT2D eigenvalue weighted by Gasteiger charge is -2.36. The number of phenolic OH excluding ortho intramolecular Hbond substituents is 1. The molecule has 2 aliphatic rings. The maximum atomic E-state index is 10.1. The Labute approximate surface area is 128 Å². The Kier molecular flexibility index (Phi) is 4.23. The van der Waals surface area contributed by atoms with Gasteiger partial charge in [0, 0.05) is 23.7 Å². The summed E-state index contributed by atoms with van der Waals surface area (Å²) in [5.74, 6) is 1.20. The summed E-state index contributed by atoms with van der Waals surface area (Å²) in [4.78, 5) is 2.59. The molecule has 21 heavy (non-hydrogen) atoms. The highest BCUT2D eigenvalue weighted by molar-refractivity contribution is 5.37. The van der Waals surface area contributed by atoms with Crippen LogP contribution in [-0.2, 0) is 0 Å². The lowest BCUT2D eigenvalue weighted by atomic mass is 9.90. The van der Waals surface area contributed by atoms with Crippen LogP contribution in [0.15, 0.2) is 18.2 Å². The molecule has 1 aromatic carbocycles. The van der Waals surface area contributed by atoms with Crippen molar-refractivity contribution in [3.8, 4) is 5.75 Å². The molecule has 1 aromatic rings. The Hall–Kier alpha value is -1.06. The molecular formula is C18H28N2O. The second kappa shape index (κ2) is 5.98. The third-order valence-electron chi connectivity index (χ3n) is 5.56. The van der Waals surface area contributed by atoms with E-state index in [-0.39, 0.29) is 6.04 Å². The molecule has 3 nitrogen and oxygen atoms in total. The van der Waals surface area contributed by atoms with Crippen molar-refractivity contribution in [2.24, 2.45) is 5.92 Å². The SMILES string of the molecule is Cc1ccc(C(C)NCC2CC3CCC(C2)N3C)c(O)c1. The van der Waals surface area contributed by atoms with Gasteiger partial charge in [-0.3, -0.25) is 0 Å². The van der Waals surface area contributed by atoms with Crippen LogP contribution >= 0.6 is 0 Å². The first kappa shape index (κ1) is 14.9. The van der Waals surface area contributed by atoms with E-state index >= 15 is 0 Å². The van der Waals surface area contributed by atoms with Gasteiger partial charge in [0.2, 0.25) is 0 Å². The highest BCUT2D eigenvalue weighted by Gasteiger charge is 2.38.